The van der Waals surface area contributed by atoms with Crippen LogP contribution in [-0.4, -0.2) is 36.2 Å². The van der Waals surface area contributed by atoms with E-state index in [1.54, 1.807) is 16.4 Å². The lowest BCUT2D eigenvalue weighted by Crippen LogP contribution is -2.23. The lowest BCUT2D eigenvalue weighted by molar-refractivity contribution is -0.115. The number of amides is 1. The molecule has 5 aromatic rings. The molecule has 2 aromatic heterocycles. The van der Waals surface area contributed by atoms with Gasteiger partial charge in [0.15, 0.2) is 0 Å². The monoisotopic (exact) mass is 494 g/mol. The van der Waals surface area contributed by atoms with Crippen LogP contribution in [0, 0.1) is 6.92 Å². The lowest BCUT2D eigenvalue weighted by atomic mass is 10.0. The predicted molar refractivity (Wildman–Crippen MR) is 141 cm³/mol. The number of para-hydroxylation sites is 1. The number of anilines is 1. The van der Waals surface area contributed by atoms with Gasteiger partial charge >= 0.3 is 0 Å². The number of rotatable bonds is 6. The second-order valence-electron chi connectivity index (χ2n) is 8.58. The Bertz CT molecular complexity index is 1700. The molecule has 0 radical (unpaired) electrons. The highest BCUT2D eigenvalue weighted by Gasteiger charge is 2.25. The second kappa shape index (κ2) is 8.76. The second-order valence-corrected chi connectivity index (χ2v) is 9.65. The van der Waals surface area contributed by atoms with Crippen LogP contribution >= 0.6 is 11.8 Å². The fourth-order valence-electron chi connectivity index (χ4n) is 4.63. The summed E-state index contributed by atoms with van der Waals surface area (Å²) in [6.45, 7) is 1.81. The Morgan fingerprint density at radius 1 is 0.944 bits per heavy atom. The molecule has 0 saturated carbocycles. The number of hydrogen-bond acceptors (Lipinski definition) is 6. The van der Waals surface area contributed by atoms with Crippen molar-refractivity contribution in [2.75, 3.05) is 11.1 Å². The van der Waals surface area contributed by atoms with Crippen molar-refractivity contribution in [2.45, 2.75) is 18.5 Å². The summed E-state index contributed by atoms with van der Waals surface area (Å²) in [6, 6.07) is 21.6. The zero-order valence-corrected chi connectivity index (χ0v) is 20.5. The smallest absolute Gasteiger partial charge is 0.295 e. The van der Waals surface area contributed by atoms with E-state index in [9.17, 15) is 9.59 Å². The summed E-state index contributed by atoms with van der Waals surface area (Å²) < 4.78 is 3.28. The van der Waals surface area contributed by atoms with E-state index in [-0.39, 0.29) is 23.6 Å². The van der Waals surface area contributed by atoms with E-state index in [0.29, 0.717) is 16.6 Å². The Morgan fingerprint density at radius 3 is 2.42 bits per heavy atom. The molecule has 0 spiro atoms. The van der Waals surface area contributed by atoms with Crippen molar-refractivity contribution >= 4 is 34.1 Å². The number of nitrogens with one attached hydrogen (secondary N) is 1. The maximum absolute atomic E-state index is 13.0. The van der Waals surface area contributed by atoms with E-state index < -0.39 is 0 Å². The summed E-state index contributed by atoms with van der Waals surface area (Å²) in [7, 11) is 1.80. The van der Waals surface area contributed by atoms with Gasteiger partial charge in [0.1, 0.15) is 17.1 Å². The van der Waals surface area contributed by atoms with Gasteiger partial charge in [-0.05, 0) is 24.4 Å². The van der Waals surface area contributed by atoms with Crippen molar-refractivity contribution in [3.63, 3.8) is 0 Å². The van der Waals surface area contributed by atoms with Gasteiger partial charge < -0.3 is 5.32 Å². The van der Waals surface area contributed by atoms with Crippen LogP contribution in [0.3, 0.4) is 0 Å². The zero-order chi connectivity index (χ0) is 24.8. The fraction of sp³-hybridized carbons (Fsp3) is 0.148. The third-order valence-electron chi connectivity index (χ3n) is 6.46. The van der Waals surface area contributed by atoms with E-state index in [1.165, 1.54) is 11.8 Å². The molecule has 36 heavy (non-hydrogen) atoms. The van der Waals surface area contributed by atoms with Crippen LogP contribution < -0.4 is 10.9 Å². The molecule has 0 atom stereocenters. The quantitative estimate of drug-likeness (QED) is 0.340. The average molecular weight is 495 g/mol. The third kappa shape index (κ3) is 3.59. The van der Waals surface area contributed by atoms with Gasteiger partial charge in [-0.3, -0.25) is 14.3 Å². The van der Waals surface area contributed by atoms with Crippen molar-refractivity contribution in [3.8, 4) is 28.2 Å². The number of carbonyl (C=O) groups is 1. The Balaban J connectivity index is 1.15. The molecular weight excluding hydrogens is 472 g/mol. The van der Waals surface area contributed by atoms with Crippen molar-refractivity contribution in [1.29, 1.82) is 0 Å². The van der Waals surface area contributed by atoms with Crippen molar-refractivity contribution in [3.05, 3.63) is 82.8 Å². The summed E-state index contributed by atoms with van der Waals surface area (Å²) in [5.74, 6) is 0.224. The molecule has 6 rings (SSSR count). The molecule has 0 saturated heterocycles. The van der Waals surface area contributed by atoms with Crippen LogP contribution in [0.4, 0.5) is 5.69 Å². The Morgan fingerprint density at radius 2 is 1.67 bits per heavy atom. The van der Waals surface area contributed by atoms with E-state index in [1.807, 2.05) is 55.5 Å². The van der Waals surface area contributed by atoms with Crippen LogP contribution in [-0.2, 0) is 11.8 Å². The van der Waals surface area contributed by atoms with E-state index in [2.05, 4.69) is 33.7 Å². The lowest BCUT2D eigenvalue weighted by Gasteiger charge is -2.07. The maximum Gasteiger partial charge on any atom is 0.295 e. The SMILES string of the molecule is Cc1c(NC(=O)CCSc2nnc3c(n2)-c2cccc4cccc-3c24)c(=O)n(-c2ccccc2)n1C. The standard InChI is InChI=1S/C27H22N6O2S/c1-16-23(26(35)33(32(16)2)18-10-4-3-5-11-18)28-21(34)14-15-36-27-29-24-19-12-6-8-17-9-7-13-20(22(17)19)25(24)30-31-27/h3-13H,14-15H2,1-2H3,(H,28,34). The van der Waals surface area contributed by atoms with Crippen LogP contribution in [0.5, 0.6) is 0 Å². The van der Waals surface area contributed by atoms with Gasteiger partial charge in [0.2, 0.25) is 11.1 Å². The molecule has 0 bridgehead atoms. The molecular formula is C27H22N6O2S. The molecule has 1 aliphatic rings. The number of hydrogen-bond donors (Lipinski definition) is 1. The molecule has 1 N–H and O–H groups in total. The van der Waals surface area contributed by atoms with E-state index in [0.717, 1.165) is 39.0 Å². The topological polar surface area (TPSA) is 94.7 Å². The number of thioether (sulfide) groups is 1. The maximum atomic E-state index is 13.0. The molecule has 0 unspecified atom stereocenters. The van der Waals surface area contributed by atoms with E-state index >= 15 is 0 Å². The summed E-state index contributed by atoms with van der Waals surface area (Å²) in [5, 5.41) is 14.4. The average Bonchev–Trinajstić information content (AvgIpc) is 3.32. The highest BCUT2D eigenvalue weighted by molar-refractivity contribution is 7.99. The molecule has 3 aromatic carbocycles. The number of carbonyl (C=O) groups excluding carboxylic acids is 1. The zero-order valence-electron chi connectivity index (χ0n) is 19.7. The Labute approximate surface area is 211 Å². The summed E-state index contributed by atoms with van der Waals surface area (Å²) in [5.41, 5.74) is 5.17. The summed E-state index contributed by atoms with van der Waals surface area (Å²) >= 11 is 1.37. The van der Waals surface area contributed by atoms with Gasteiger partial charge in [0, 0.05) is 35.7 Å². The first-order valence-electron chi connectivity index (χ1n) is 11.6. The molecule has 178 valence electrons. The Kier molecular flexibility index (Phi) is 5.41. The summed E-state index contributed by atoms with van der Waals surface area (Å²) in [6.07, 6.45) is 0.208. The van der Waals surface area contributed by atoms with Gasteiger partial charge in [-0.1, -0.05) is 66.4 Å². The van der Waals surface area contributed by atoms with Crippen molar-refractivity contribution in [1.82, 2.24) is 24.5 Å². The first-order valence-corrected chi connectivity index (χ1v) is 12.6. The highest BCUT2D eigenvalue weighted by Crippen LogP contribution is 2.44. The van der Waals surface area contributed by atoms with Crippen LogP contribution in [0.2, 0.25) is 0 Å². The van der Waals surface area contributed by atoms with Crippen LogP contribution in [0.15, 0.2) is 76.7 Å². The molecule has 9 heteroatoms. The van der Waals surface area contributed by atoms with Crippen LogP contribution in [0.1, 0.15) is 12.1 Å². The molecule has 1 amide bonds. The van der Waals surface area contributed by atoms with Gasteiger partial charge in [-0.2, -0.15) is 0 Å². The number of aromatic nitrogens is 5. The Hall–Kier alpha value is -4.24. The molecule has 8 nitrogen and oxygen atoms in total. The number of nitrogens with zero attached hydrogens (tertiary/aromatic N) is 5. The first kappa shape index (κ1) is 22.2. The molecule has 0 fully saturated rings. The minimum atomic E-state index is -0.262. The third-order valence-corrected chi connectivity index (χ3v) is 7.30. The van der Waals surface area contributed by atoms with Crippen LogP contribution in [0.25, 0.3) is 39.0 Å². The van der Waals surface area contributed by atoms with Gasteiger partial charge in [-0.25, -0.2) is 9.67 Å². The van der Waals surface area contributed by atoms with Gasteiger partial charge in [0.25, 0.3) is 5.56 Å². The normalized spacial score (nSPS) is 11.6. The van der Waals surface area contributed by atoms with Gasteiger partial charge in [-0.15, -0.1) is 10.2 Å². The largest absolute Gasteiger partial charge is 0.320 e. The molecule has 2 heterocycles. The molecule has 1 aliphatic carbocycles. The number of fused-ring (bicyclic) bond motifs is 3. The van der Waals surface area contributed by atoms with E-state index in [4.69, 9.17) is 4.98 Å². The first-order chi connectivity index (χ1) is 17.5. The summed E-state index contributed by atoms with van der Waals surface area (Å²) in [4.78, 5) is 30.5. The van der Waals surface area contributed by atoms with Crippen molar-refractivity contribution < 1.29 is 4.79 Å². The van der Waals surface area contributed by atoms with Crippen molar-refractivity contribution in [2.24, 2.45) is 7.05 Å². The van der Waals surface area contributed by atoms with Gasteiger partial charge in [0.05, 0.1) is 11.4 Å². The minimum Gasteiger partial charge on any atom is -0.320 e. The minimum absolute atomic E-state index is 0.208. The fourth-order valence-corrected chi connectivity index (χ4v) is 5.35. The number of benzene rings is 3. The predicted octanol–water partition coefficient (Wildman–Crippen LogP) is 4.59. The molecule has 0 aliphatic heterocycles. The highest BCUT2D eigenvalue weighted by atomic mass is 32.2.